The fourth-order valence-corrected chi connectivity index (χ4v) is 3.06. The van der Waals surface area contributed by atoms with Gasteiger partial charge in [-0.1, -0.05) is 25.5 Å². The summed E-state index contributed by atoms with van der Waals surface area (Å²) in [4.78, 5) is 4.83. The molecule has 1 aliphatic rings. The van der Waals surface area contributed by atoms with Gasteiger partial charge in [0.15, 0.2) is 5.96 Å². The first-order valence-corrected chi connectivity index (χ1v) is 9.06. The molecule has 1 fully saturated rings. The Bertz CT molecular complexity index is 510. The predicted molar refractivity (Wildman–Crippen MR) is 97.0 cm³/mol. The monoisotopic (exact) mass is 335 g/mol. The average molecular weight is 335 g/mol. The van der Waals surface area contributed by atoms with Crippen molar-refractivity contribution in [2.45, 2.75) is 44.9 Å². The van der Waals surface area contributed by atoms with Crippen LogP contribution >= 0.6 is 0 Å². The topological polar surface area (TPSA) is 45.7 Å². The molecule has 134 valence electrons. The van der Waals surface area contributed by atoms with Gasteiger partial charge < -0.3 is 15.4 Å². The van der Waals surface area contributed by atoms with E-state index in [0.717, 1.165) is 63.5 Å². The van der Waals surface area contributed by atoms with Gasteiger partial charge in [0.1, 0.15) is 5.82 Å². The molecule has 1 aliphatic heterocycles. The van der Waals surface area contributed by atoms with Crippen molar-refractivity contribution in [2.75, 3.05) is 32.8 Å². The van der Waals surface area contributed by atoms with Gasteiger partial charge in [0, 0.05) is 31.7 Å². The lowest BCUT2D eigenvalue weighted by atomic mass is 9.74. The maximum Gasteiger partial charge on any atom is 0.191 e. The summed E-state index contributed by atoms with van der Waals surface area (Å²) < 4.78 is 18.8. The summed E-state index contributed by atoms with van der Waals surface area (Å²) in [6.45, 7) is 8.15. The third kappa shape index (κ3) is 5.20. The zero-order valence-electron chi connectivity index (χ0n) is 14.9. The van der Waals surface area contributed by atoms with E-state index >= 15 is 0 Å². The van der Waals surface area contributed by atoms with Crippen molar-refractivity contribution in [3.63, 3.8) is 0 Å². The van der Waals surface area contributed by atoms with E-state index in [9.17, 15) is 4.39 Å². The minimum atomic E-state index is -0.195. The van der Waals surface area contributed by atoms with Crippen LogP contribution in [0.4, 0.5) is 4.39 Å². The van der Waals surface area contributed by atoms with Crippen molar-refractivity contribution in [1.82, 2.24) is 10.6 Å². The van der Waals surface area contributed by atoms with Crippen LogP contribution in [0.5, 0.6) is 0 Å². The van der Waals surface area contributed by atoms with Gasteiger partial charge >= 0.3 is 0 Å². The number of unbranched alkanes of at least 4 members (excludes halogenated alkanes) is 1. The maximum absolute atomic E-state index is 13.3. The van der Waals surface area contributed by atoms with E-state index in [2.05, 4.69) is 24.5 Å². The molecule has 4 nitrogen and oxygen atoms in total. The van der Waals surface area contributed by atoms with Crippen molar-refractivity contribution in [3.8, 4) is 0 Å². The molecule has 0 saturated carbocycles. The largest absolute Gasteiger partial charge is 0.381 e. The van der Waals surface area contributed by atoms with Crippen molar-refractivity contribution < 1.29 is 9.13 Å². The third-order valence-electron chi connectivity index (χ3n) is 4.61. The summed E-state index contributed by atoms with van der Waals surface area (Å²) in [6.07, 6.45) is 4.11. The summed E-state index contributed by atoms with van der Waals surface area (Å²) in [6, 6.07) is 6.88. The summed E-state index contributed by atoms with van der Waals surface area (Å²) in [5.41, 5.74) is 1.08. The number of nitrogens with one attached hydrogen (secondary N) is 2. The minimum absolute atomic E-state index is 0.0704. The zero-order valence-corrected chi connectivity index (χ0v) is 14.9. The fraction of sp³-hybridized carbons (Fsp3) is 0.632. The van der Waals surface area contributed by atoms with Crippen molar-refractivity contribution >= 4 is 5.96 Å². The van der Waals surface area contributed by atoms with E-state index in [1.54, 1.807) is 12.1 Å². The van der Waals surface area contributed by atoms with Crippen LogP contribution in [0.1, 0.15) is 45.1 Å². The van der Waals surface area contributed by atoms with Crippen molar-refractivity contribution in [1.29, 1.82) is 0 Å². The maximum atomic E-state index is 13.3. The lowest BCUT2D eigenvalue weighted by molar-refractivity contribution is 0.0531. The molecule has 0 radical (unpaired) electrons. The van der Waals surface area contributed by atoms with Crippen LogP contribution < -0.4 is 10.6 Å². The molecule has 0 unspecified atom stereocenters. The second kappa shape index (κ2) is 9.62. The Labute approximate surface area is 144 Å². The second-order valence-electron chi connectivity index (χ2n) is 6.38. The van der Waals surface area contributed by atoms with Crippen LogP contribution in [-0.4, -0.2) is 38.8 Å². The number of aliphatic imine (C=N–C) groups is 1. The van der Waals surface area contributed by atoms with Gasteiger partial charge in [0.05, 0.1) is 6.54 Å². The highest BCUT2D eigenvalue weighted by Gasteiger charge is 2.34. The van der Waals surface area contributed by atoms with Gasteiger partial charge in [-0.15, -0.1) is 0 Å². The third-order valence-corrected chi connectivity index (χ3v) is 4.61. The standard InChI is InChI=1S/C19H30FN3O/c1-3-5-12-22-18(21-4-2)23-15-19(10-13-24-14-11-19)16-6-8-17(20)9-7-16/h6-9H,3-5,10-15H2,1-2H3,(H2,21,22,23). The molecule has 2 N–H and O–H groups in total. The van der Waals surface area contributed by atoms with Gasteiger partial charge in [0.25, 0.3) is 0 Å². The molecule has 0 aromatic heterocycles. The summed E-state index contributed by atoms with van der Waals surface area (Å²) in [5.74, 6) is 0.665. The molecule has 0 atom stereocenters. The number of hydrogen-bond donors (Lipinski definition) is 2. The Balaban J connectivity index is 2.14. The van der Waals surface area contributed by atoms with Gasteiger partial charge in [-0.25, -0.2) is 4.39 Å². The molecule has 0 bridgehead atoms. The van der Waals surface area contributed by atoms with E-state index in [1.165, 1.54) is 0 Å². The highest BCUT2D eigenvalue weighted by atomic mass is 19.1. The minimum Gasteiger partial charge on any atom is -0.381 e. The highest BCUT2D eigenvalue weighted by Crippen LogP contribution is 2.35. The highest BCUT2D eigenvalue weighted by molar-refractivity contribution is 5.79. The Morgan fingerprint density at radius 2 is 1.88 bits per heavy atom. The van der Waals surface area contributed by atoms with Crippen LogP contribution in [0.2, 0.25) is 0 Å². The Morgan fingerprint density at radius 1 is 1.17 bits per heavy atom. The van der Waals surface area contributed by atoms with Crippen LogP contribution in [-0.2, 0) is 10.2 Å². The average Bonchev–Trinajstić information content (AvgIpc) is 2.61. The molecule has 1 aromatic rings. The van der Waals surface area contributed by atoms with Crippen LogP contribution in [0.15, 0.2) is 29.3 Å². The summed E-state index contributed by atoms with van der Waals surface area (Å²) in [7, 11) is 0. The molecular formula is C19H30FN3O. The Kier molecular flexibility index (Phi) is 7.50. The lowest BCUT2D eigenvalue weighted by Crippen LogP contribution is -2.41. The van der Waals surface area contributed by atoms with E-state index in [1.807, 2.05) is 12.1 Å². The van der Waals surface area contributed by atoms with E-state index in [-0.39, 0.29) is 11.2 Å². The van der Waals surface area contributed by atoms with Gasteiger partial charge in [-0.05, 0) is 43.9 Å². The smallest absolute Gasteiger partial charge is 0.191 e. The number of rotatable bonds is 7. The molecule has 2 rings (SSSR count). The normalized spacial score (nSPS) is 17.5. The Morgan fingerprint density at radius 3 is 2.50 bits per heavy atom. The van der Waals surface area contributed by atoms with Crippen LogP contribution in [0.3, 0.4) is 0 Å². The molecule has 24 heavy (non-hydrogen) atoms. The first kappa shape index (κ1) is 18.7. The molecule has 1 saturated heterocycles. The van der Waals surface area contributed by atoms with E-state index in [0.29, 0.717) is 6.54 Å². The molecule has 0 spiro atoms. The SMILES string of the molecule is CCCCNC(=NCC1(c2ccc(F)cc2)CCOCC1)NCC. The van der Waals surface area contributed by atoms with E-state index < -0.39 is 0 Å². The van der Waals surface area contributed by atoms with Crippen molar-refractivity contribution in [2.24, 2.45) is 4.99 Å². The first-order valence-electron chi connectivity index (χ1n) is 9.06. The fourth-order valence-electron chi connectivity index (χ4n) is 3.06. The second-order valence-corrected chi connectivity index (χ2v) is 6.38. The van der Waals surface area contributed by atoms with Gasteiger partial charge in [-0.3, -0.25) is 4.99 Å². The molecular weight excluding hydrogens is 305 g/mol. The number of halogens is 1. The predicted octanol–water partition coefficient (Wildman–Crippen LogP) is 3.23. The number of ether oxygens (including phenoxy) is 1. The van der Waals surface area contributed by atoms with Crippen LogP contribution in [0, 0.1) is 5.82 Å². The molecule has 0 amide bonds. The molecule has 0 aliphatic carbocycles. The number of hydrogen-bond acceptors (Lipinski definition) is 2. The number of benzene rings is 1. The zero-order chi connectivity index (χ0) is 17.3. The summed E-state index contributed by atoms with van der Waals surface area (Å²) >= 11 is 0. The van der Waals surface area contributed by atoms with Crippen LogP contribution in [0.25, 0.3) is 0 Å². The molecule has 1 heterocycles. The molecule has 5 heteroatoms. The number of nitrogens with zero attached hydrogens (tertiary/aromatic N) is 1. The van der Waals surface area contributed by atoms with Crippen molar-refractivity contribution in [3.05, 3.63) is 35.6 Å². The number of guanidine groups is 1. The quantitative estimate of drug-likeness (QED) is 0.457. The summed E-state index contributed by atoms with van der Waals surface area (Å²) in [5, 5.41) is 6.69. The Hall–Kier alpha value is -1.62. The first-order chi connectivity index (χ1) is 11.7. The van der Waals surface area contributed by atoms with E-state index in [4.69, 9.17) is 9.73 Å². The lowest BCUT2D eigenvalue weighted by Gasteiger charge is -2.36. The molecule has 1 aromatic carbocycles. The van der Waals surface area contributed by atoms with Gasteiger partial charge in [-0.2, -0.15) is 0 Å². The van der Waals surface area contributed by atoms with Gasteiger partial charge in [0.2, 0.25) is 0 Å².